The number of nitrogens with one attached hydrogen (secondary N) is 1. The maximum absolute atomic E-state index is 12.1. The van der Waals surface area contributed by atoms with Crippen molar-refractivity contribution < 1.29 is 9.53 Å². The van der Waals surface area contributed by atoms with Gasteiger partial charge in [-0.2, -0.15) is 5.10 Å². The molecule has 0 spiro atoms. The van der Waals surface area contributed by atoms with Gasteiger partial charge in [0.25, 0.3) is 0 Å². The summed E-state index contributed by atoms with van der Waals surface area (Å²) in [6.45, 7) is 8.40. The zero-order valence-electron chi connectivity index (χ0n) is 12.6. The standard InChI is InChI=1S/C15H20N4O2/c1-5-7-8-16-13-11(15(20)21-6-2)9-17-14-12(13)10(3)18-19(14)4/h5,9H,1,6-8H2,2-4H3,(H,16,17). The molecule has 2 heterocycles. The van der Waals surface area contributed by atoms with Crippen molar-refractivity contribution in [2.75, 3.05) is 18.5 Å². The Labute approximate surface area is 123 Å². The van der Waals surface area contributed by atoms with Crippen LogP contribution in [0.4, 0.5) is 5.69 Å². The first-order chi connectivity index (χ1) is 10.1. The Hall–Kier alpha value is -2.37. The van der Waals surface area contributed by atoms with Crippen molar-refractivity contribution in [3.63, 3.8) is 0 Å². The highest BCUT2D eigenvalue weighted by Gasteiger charge is 2.20. The van der Waals surface area contributed by atoms with Crippen molar-refractivity contribution >= 4 is 22.7 Å². The van der Waals surface area contributed by atoms with Crippen molar-refractivity contribution in [3.05, 3.63) is 30.1 Å². The largest absolute Gasteiger partial charge is 0.462 e. The fourth-order valence-corrected chi connectivity index (χ4v) is 2.26. The molecule has 2 aromatic heterocycles. The number of hydrogen-bond acceptors (Lipinski definition) is 5. The average molecular weight is 288 g/mol. The Morgan fingerprint density at radius 2 is 2.33 bits per heavy atom. The minimum absolute atomic E-state index is 0.328. The van der Waals surface area contributed by atoms with Crippen molar-refractivity contribution in [1.82, 2.24) is 14.8 Å². The van der Waals surface area contributed by atoms with E-state index in [9.17, 15) is 4.79 Å². The molecule has 0 saturated heterocycles. The van der Waals surface area contributed by atoms with E-state index >= 15 is 0 Å². The van der Waals surface area contributed by atoms with Gasteiger partial charge < -0.3 is 10.1 Å². The molecule has 112 valence electrons. The number of carbonyl (C=O) groups excluding carboxylic acids is 1. The lowest BCUT2D eigenvalue weighted by atomic mass is 10.1. The highest BCUT2D eigenvalue weighted by molar-refractivity contribution is 6.05. The highest BCUT2D eigenvalue weighted by atomic mass is 16.5. The smallest absolute Gasteiger partial charge is 0.341 e. The maximum Gasteiger partial charge on any atom is 0.341 e. The van der Waals surface area contributed by atoms with Gasteiger partial charge in [-0.25, -0.2) is 9.78 Å². The normalized spacial score (nSPS) is 10.6. The monoisotopic (exact) mass is 288 g/mol. The average Bonchev–Trinajstić information content (AvgIpc) is 2.75. The zero-order chi connectivity index (χ0) is 15.4. The number of pyridine rings is 1. The third-order valence-electron chi connectivity index (χ3n) is 3.17. The van der Waals surface area contributed by atoms with Gasteiger partial charge in [-0.15, -0.1) is 6.58 Å². The summed E-state index contributed by atoms with van der Waals surface area (Å²) < 4.78 is 6.81. The van der Waals surface area contributed by atoms with Gasteiger partial charge in [0.05, 0.1) is 23.4 Å². The summed E-state index contributed by atoms with van der Waals surface area (Å²) in [6.07, 6.45) is 4.16. The second kappa shape index (κ2) is 6.39. The number of hydrogen-bond donors (Lipinski definition) is 1. The van der Waals surface area contributed by atoms with Crippen molar-refractivity contribution in [2.24, 2.45) is 7.05 Å². The van der Waals surface area contributed by atoms with Crippen LogP contribution in [0.3, 0.4) is 0 Å². The lowest BCUT2D eigenvalue weighted by Crippen LogP contribution is -2.12. The fourth-order valence-electron chi connectivity index (χ4n) is 2.26. The van der Waals surface area contributed by atoms with Crippen LogP contribution in [0, 0.1) is 6.92 Å². The first kappa shape index (κ1) is 15.0. The molecule has 2 rings (SSSR count). The second-order valence-electron chi connectivity index (χ2n) is 4.68. The summed E-state index contributed by atoms with van der Waals surface area (Å²) in [6, 6.07) is 0. The molecule has 0 aliphatic carbocycles. The quantitative estimate of drug-likeness (QED) is 0.502. The van der Waals surface area contributed by atoms with Crippen molar-refractivity contribution in [2.45, 2.75) is 20.3 Å². The Morgan fingerprint density at radius 3 is 3.00 bits per heavy atom. The van der Waals surface area contributed by atoms with Gasteiger partial charge in [0.1, 0.15) is 5.56 Å². The molecule has 0 fully saturated rings. The molecule has 6 nitrogen and oxygen atoms in total. The van der Waals surface area contributed by atoms with E-state index < -0.39 is 0 Å². The van der Waals surface area contributed by atoms with Crippen LogP contribution in [-0.4, -0.2) is 33.9 Å². The summed E-state index contributed by atoms with van der Waals surface area (Å²) in [7, 11) is 1.83. The van der Waals surface area contributed by atoms with Gasteiger partial charge in [0, 0.05) is 19.8 Å². The fraction of sp³-hybridized carbons (Fsp3) is 0.400. The SMILES string of the molecule is C=CCCNc1c(C(=O)OCC)cnc2c1c(C)nn2C. The first-order valence-corrected chi connectivity index (χ1v) is 6.94. The van der Waals surface area contributed by atoms with E-state index in [1.807, 2.05) is 20.0 Å². The molecule has 6 heteroatoms. The number of esters is 1. The number of anilines is 1. The number of aromatic nitrogens is 3. The maximum atomic E-state index is 12.1. The zero-order valence-corrected chi connectivity index (χ0v) is 12.6. The number of ether oxygens (including phenoxy) is 1. The van der Waals surface area contributed by atoms with Gasteiger partial charge >= 0.3 is 5.97 Å². The molecule has 0 amide bonds. The second-order valence-corrected chi connectivity index (χ2v) is 4.68. The van der Waals surface area contributed by atoms with Gasteiger partial charge in [0.15, 0.2) is 5.65 Å². The van der Waals surface area contributed by atoms with Gasteiger partial charge in [-0.1, -0.05) is 6.08 Å². The molecule has 0 atom stereocenters. The van der Waals surface area contributed by atoms with E-state index in [4.69, 9.17) is 4.74 Å². The Kier molecular flexibility index (Phi) is 4.57. The summed E-state index contributed by atoms with van der Waals surface area (Å²) in [5, 5.41) is 8.51. The Bertz CT molecular complexity index is 676. The van der Waals surface area contributed by atoms with E-state index in [1.165, 1.54) is 6.20 Å². The van der Waals surface area contributed by atoms with Gasteiger partial charge in [0.2, 0.25) is 0 Å². The number of carbonyl (C=O) groups is 1. The number of aryl methyl sites for hydroxylation is 2. The van der Waals surface area contributed by atoms with Crippen LogP contribution in [0.2, 0.25) is 0 Å². The van der Waals surface area contributed by atoms with E-state index in [2.05, 4.69) is 22.0 Å². The van der Waals surface area contributed by atoms with E-state index in [-0.39, 0.29) is 5.97 Å². The van der Waals surface area contributed by atoms with Gasteiger partial charge in [-0.3, -0.25) is 4.68 Å². The van der Waals surface area contributed by atoms with Gasteiger partial charge in [-0.05, 0) is 20.3 Å². The summed E-state index contributed by atoms with van der Waals surface area (Å²) >= 11 is 0. The van der Waals surface area contributed by atoms with Crippen molar-refractivity contribution in [1.29, 1.82) is 0 Å². The molecular weight excluding hydrogens is 268 g/mol. The number of fused-ring (bicyclic) bond motifs is 1. The molecule has 2 aromatic rings. The Morgan fingerprint density at radius 1 is 1.57 bits per heavy atom. The molecule has 0 aliphatic rings. The van der Waals surface area contributed by atoms with Crippen LogP contribution < -0.4 is 5.32 Å². The third-order valence-corrected chi connectivity index (χ3v) is 3.17. The lowest BCUT2D eigenvalue weighted by Gasteiger charge is -2.12. The number of nitrogens with zero attached hydrogens (tertiary/aromatic N) is 3. The minimum Gasteiger partial charge on any atom is -0.462 e. The van der Waals surface area contributed by atoms with Crippen LogP contribution in [0.25, 0.3) is 11.0 Å². The van der Waals surface area contributed by atoms with E-state index in [1.54, 1.807) is 11.6 Å². The topological polar surface area (TPSA) is 69.0 Å². The summed E-state index contributed by atoms with van der Waals surface area (Å²) in [5.41, 5.74) is 2.73. The van der Waals surface area contributed by atoms with Crippen LogP contribution in [0.1, 0.15) is 29.4 Å². The predicted molar refractivity (Wildman–Crippen MR) is 82.5 cm³/mol. The van der Waals surface area contributed by atoms with Crippen LogP contribution in [0.5, 0.6) is 0 Å². The highest BCUT2D eigenvalue weighted by Crippen LogP contribution is 2.29. The van der Waals surface area contributed by atoms with Crippen LogP contribution >= 0.6 is 0 Å². The lowest BCUT2D eigenvalue weighted by molar-refractivity contribution is 0.0527. The summed E-state index contributed by atoms with van der Waals surface area (Å²) in [4.78, 5) is 16.4. The predicted octanol–water partition coefficient (Wildman–Crippen LogP) is 2.44. The van der Waals surface area contributed by atoms with E-state index in [0.717, 1.165) is 28.8 Å². The molecule has 0 saturated carbocycles. The molecule has 0 unspecified atom stereocenters. The minimum atomic E-state index is -0.378. The summed E-state index contributed by atoms with van der Waals surface area (Å²) in [5.74, 6) is -0.378. The molecular formula is C15H20N4O2. The molecule has 0 radical (unpaired) electrons. The molecule has 1 N–H and O–H groups in total. The molecule has 0 aliphatic heterocycles. The van der Waals surface area contributed by atoms with Crippen LogP contribution in [0.15, 0.2) is 18.9 Å². The number of rotatable bonds is 6. The Balaban J connectivity index is 2.56. The molecule has 21 heavy (non-hydrogen) atoms. The van der Waals surface area contributed by atoms with Crippen LogP contribution in [-0.2, 0) is 11.8 Å². The van der Waals surface area contributed by atoms with Crippen molar-refractivity contribution in [3.8, 4) is 0 Å². The first-order valence-electron chi connectivity index (χ1n) is 6.94. The van der Waals surface area contributed by atoms with E-state index in [0.29, 0.717) is 18.7 Å². The molecule has 0 aromatic carbocycles. The third kappa shape index (κ3) is 2.89. The molecule has 0 bridgehead atoms.